The van der Waals surface area contributed by atoms with Gasteiger partial charge >= 0.3 is 0 Å². The van der Waals surface area contributed by atoms with Crippen LogP contribution in [0.1, 0.15) is 27.0 Å². The maximum Gasteiger partial charge on any atom is 0.194 e. The van der Waals surface area contributed by atoms with Gasteiger partial charge in [0.05, 0.1) is 7.11 Å². The molecule has 3 aromatic rings. The Kier molecular flexibility index (Phi) is 2.58. The minimum Gasteiger partial charge on any atom is -0.496 e. The predicted octanol–water partition coefficient (Wildman–Crippen LogP) is 3.98. The fourth-order valence-corrected chi connectivity index (χ4v) is 3.20. The second kappa shape index (κ2) is 4.45. The summed E-state index contributed by atoms with van der Waals surface area (Å²) in [6.07, 6.45) is 0.797. The van der Waals surface area contributed by atoms with Gasteiger partial charge in [-0.3, -0.25) is 4.79 Å². The van der Waals surface area contributed by atoms with E-state index in [0.717, 1.165) is 45.2 Å². The van der Waals surface area contributed by atoms with E-state index >= 15 is 0 Å². The fraction of sp³-hybridized carbons (Fsp3) is 0.105. The van der Waals surface area contributed by atoms with E-state index in [-0.39, 0.29) is 5.78 Å². The van der Waals surface area contributed by atoms with Gasteiger partial charge in [0.15, 0.2) is 5.78 Å². The van der Waals surface area contributed by atoms with E-state index in [1.54, 1.807) is 7.11 Å². The van der Waals surface area contributed by atoms with Crippen LogP contribution in [-0.4, -0.2) is 12.9 Å². The molecule has 3 aromatic carbocycles. The van der Waals surface area contributed by atoms with E-state index in [1.807, 2.05) is 42.5 Å². The molecule has 0 amide bonds. The molecule has 0 spiro atoms. The van der Waals surface area contributed by atoms with Gasteiger partial charge < -0.3 is 4.74 Å². The van der Waals surface area contributed by atoms with Crippen LogP contribution in [0.5, 0.6) is 5.75 Å². The summed E-state index contributed by atoms with van der Waals surface area (Å²) in [6, 6.07) is 17.9. The molecule has 2 heteroatoms. The van der Waals surface area contributed by atoms with E-state index in [2.05, 4.69) is 12.1 Å². The average Bonchev–Trinajstić information content (AvgIpc) is 2.54. The van der Waals surface area contributed by atoms with E-state index in [0.29, 0.717) is 0 Å². The SMILES string of the molecule is COc1cccc2ccc3c(c12)C(=O)c1ccccc1C3. The van der Waals surface area contributed by atoms with Gasteiger partial charge in [-0.2, -0.15) is 0 Å². The number of carbonyl (C=O) groups excluding carboxylic acids is 1. The Bertz CT molecular complexity index is 878. The van der Waals surface area contributed by atoms with Crippen molar-refractivity contribution in [2.45, 2.75) is 6.42 Å². The number of rotatable bonds is 1. The van der Waals surface area contributed by atoms with Gasteiger partial charge in [-0.25, -0.2) is 0 Å². The van der Waals surface area contributed by atoms with Gasteiger partial charge in [0.2, 0.25) is 0 Å². The van der Waals surface area contributed by atoms with Crippen molar-refractivity contribution < 1.29 is 9.53 Å². The van der Waals surface area contributed by atoms with Crippen LogP contribution in [0.15, 0.2) is 54.6 Å². The van der Waals surface area contributed by atoms with Gasteiger partial charge in [0, 0.05) is 16.5 Å². The quantitative estimate of drug-likeness (QED) is 0.524. The number of hydrogen-bond acceptors (Lipinski definition) is 2. The lowest BCUT2D eigenvalue weighted by Gasteiger charge is -2.21. The highest BCUT2D eigenvalue weighted by atomic mass is 16.5. The van der Waals surface area contributed by atoms with Crippen molar-refractivity contribution in [1.82, 2.24) is 0 Å². The molecule has 0 atom stereocenters. The molecule has 0 unspecified atom stereocenters. The first kappa shape index (κ1) is 12.2. The topological polar surface area (TPSA) is 26.3 Å². The maximum atomic E-state index is 12.9. The van der Waals surface area contributed by atoms with E-state index in [9.17, 15) is 4.79 Å². The number of ketones is 1. The lowest BCUT2D eigenvalue weighted by Crippen LogP contribution is -2.15. The molecule has 0 saturated heterocycles. The number of methoxy groups -OCH3 is 1. The smallest absolute Gasteiger partial charge is 0.194 e. The Morgan fingerprint density at radius 1 is 0.905 bits per heavy atom. The number of hydrogen-bond donors (Lipinski definition) is 0. The summed E-state index contributed by atoms with van der Waals surface area (Å²) in [6.45, 7) is 0. The minimum atomic E-state index is 0.0990. The molecule has 21 heavy (non-hydrogen) atoms. The van der Waals surface area contributed by atoms with E-state index in [1.165, 1.54) is 0 Å². The fourth-order valence-electron chi connectivity index (χ4n) is 3.20. The molecular formula is C19H14O2. The first-order chi connectivity index (χ1) is 10.3. The van der Waals surface area contributed by atoms with Crippen LogP contribution >= 0.6 is 0 Å². The van der Waals surface area contributed by atoms with Gasteiger partial charge in [0.1, 0.15) is 5.75 Å². The average molecular weight is 274 g/mol. The number of ether oxygens (including phenoxy) is 1. The summed E-state index contributed by atoms with van der Waals surface area (Å²) in [7, 11) is 1.65. The number of carbonyl (C=O) groups is 1. The van der Waals surface area contributed by atoms with Crippen LogP contribution in [0.2, 0.25) is 0 Å². The molecule has 4 rings (SSSR count). The summed E-state index contributed by atoms with van der Waals surface area (Å²) in [4.78, 5) is 12.9. The number of fused-ring (bicyclic) bond motifs is 4. The van der Waals surface area contributed by atoms with Crippen molar-refractivity contribution in [2.75, 3.05) is 7.11 Å². The third-order valence-corrected chi connectivity index (χ3v) is 4.18. The van der Waals surface area contributed by atoms with Crippen molar-refractivity contribution in [1.29, 1.82) is 0 Å². The normalized spacial score (nSPS) is 12.9. The Morgan fingerprint density at radius 3 is 2.62 bits per heavy atom. The van der Waals surface area contributed by atoms with Crippen LogP contribution in [0.25, 0.3) is 10.8 Å². The summed E-state index contributed by atoms with van der Waals surface area (Å²) in [5.74, 6) is 0.860. The minimum absolute atomic E-state index is 0.0990. The lowest BCUT2D eigenvalue weighted by atomic mass is 9.82. The zero-order chi connectivity index (χ0) is 14.4. The van der Waals surface area contributed by atoms with Gasteiger partial charge in [0.25, 0.3) is 0 Å². The van der Waals surface area contributed by atoms with Crippen LogP contribution < -0.4 is 4.74 Å². The zero-order valence-corrected chi connectivity index (χ0v) is 11.7. The molecule has 0 aliphatic heterocycles. The Labute approximate surface area is 123 Å². The van der Waals surface area contributed by atoms with E-state index < -0.39 is 0 Å². The molecule has 0 saturated carbocycles. The van der Waals surface area contributed by atoms with Crippen molar-refractivity contribution in [3.8, 4) is 5.75 Å². The molecule has 102 valence electrons. The highest BCUT2D eigenvalue weighted by Gasteiger charge is 2.26. The van der Waals surface area contributed by atoms with Crippen molar-refractivity contribution in [2.24, 2.45) is 0 Å². The first-order valence-corrected chi connectivity index (χ1v) is 7.01. The molecule has 0 N–H and O–H groups in total. The molecule has 0 fully saturated rings. The van der Waals surface area contributed by atoms with Crippen molar-refractivity contribution in [3.63, 3.8) is 0 Å². The molecule has 0 heterocycles. The first-order valence-electron chi connectivity index (χ1n) is 7.01. The Hall–Kier alpha value is -2.61. The lowest BCUT2D eigenvalue weighted by molar-refractivity contribution is 0.103. The van der Waals surface area contributed by atoms with Gasteiger partial charge in [-0.15, -0.1) is 0 Å². The summed E-state index contributed by atoms with van der Waals surface area (Å²) < 4.78 is 5.48. The summed E-state index contributed by atoms with van der Waals surface area (Å²) in [5, 5.41) is 1.97. The summed E-state index contributed by atoms with van der Waals surface area (Å²) in [5.41, 5.74) is 3.78. The van der Waals surface area contributed by atoms with Crippen molar-refractivity contribution in [3.05, 3.63) is 76.9 Å². The van der Waals surface area contributed by atoms with E-state index in [4.69, 9.17) is 4.74 Å². The molecule has 2 nitrogen and oxygen atoms in total. The molecule has 1 aliphatic rings. The molecule has 0 radical (unpaired) electrons. The zero-order valence-electron chi connectivity index (χ0n) is 11.7. The Morgan fingerprint density at radius 2 is 1.76 bits per heavy atom. The second-order valence-electron chi connectivity index (χ2n) is 5.32. The second-order valence-corrected chi connectivity index (χ2v) is 5.32. The van der Waals surface area contributed by atoms with Crippen LogP contribution in [0.3, 0.4) is 0 Å². The monoisotopic (exact) mass is 274 g/mol. The molecule has 0 bridgehead atoms. The summed E-state index contributed by atoms with van der Waals surface area (Å²) >= 11 is 0. The van der Waals surface area contributed by atoms with Crippen LogP contribution in [0.4, 0.5) is 0 Å². The third kappa shape index (κ3) is 1.69. The molecule has 1 aliphatic carbocycles. The highest BCUT2D eigenvalue weighted by molar-refractivity contribution is 6.20. The third-order valence-electron chi connectivity index (χ3n) is 4.18. The van der Waals surface area contributed by atoms with Gasteiger partial charge in [-0.05, 0) is 29.0 Å². The Balaban J connectivity index is 2.08. The maximum absolute atomic E-state index is 12.9. The standard InChI is InChI=1S/C19H14O2/c1-21-16-8-4-6-12-9-10-14-11-13-5-2-3-7-15(13)19(20)18(14)17(12)16/h2-10H,11H2,1H3. The highest BCUT2D eigenvalue weighted by Crippen LogP contribution is 2.36. The van der Waals surface area contributed by atoms with Crippen LogP contribution in [-0.2, 0) is 6.42 Å². The van der Waals surface area contributed by atoms with Gasteiger partial charge in [-0.1, -0.05) is 48.5 Å². The number of benzene rings is 3. The van der Waals surface area contributed by atoms with Crippen LogP contribution in [0, 0.1) is 0 Å². The molecular weight excluding hydrogens is 260 g/mol. The molecule has 0 aromatic heterocycles. The van der Waals surface area contributed by atoms with Crippen molar-refractivity contribution >= 4 is 16.6 Å². The largest absolute Gasteiger partial charge is 0.496 e. The predicted molar refractivity (Wildman–Crippen MR) is 83.2 cm³/mol.